The SMILES string of the molecule is CCCC(C)NC(=O)COC(=O)c1ccccc1NC(=O)c1ccccc1. The first-order valence-corrected chi connectivity index (χ1v) is 8.93. The molecule has 0 aliphatic carbocycles. The first kappa shape index (κ1) is 20.2. The molecule has 1 unspecified atom stereocenters. The number of carbonyl (C=O) groups is 3. The third-order valence-corrected chi connectivity index (χ3v) is 3.89. The molecule has 2 rings (SSSR count). The van der Waals surface area contributed by atoms with Gasteiger partial charge in [0.25, 0.3) is 11.8 Å². The van der Waals surface area contributed by atoms with E-state index < -0.39 is 5.97 Å². The fourth-order valence-corrected chi connectivity index (χ4v) is 2.58. The number of anilines is 1. The Balaban J connectivity index is 1.99. The summed E-state index contributed by atoms with van der Waals surface area (Å²) in [5, 5.41) is 5.47. The lowest BCUT2D eigenvalue weighted by atomic mass is 10.1. The molecule has 2 aromatic rings. The minimum atomic E-state index is -0.669. The van der Waals surface area contributed by atoms with Crippen LogP contribution in [0.2, 0.25) is 0 Å². The van der Waals surface area contributed by atoms with Crippen LogP contribution in [0.15, 0.2) is 54.6 Å². The summed E-state index contributed by atoms with van der Waals surface area (Å²) >= 11 is 0. The van der Waals surface area contributed by atoms with E-state index in [4.69, 9.17) is 4.74 Å². The number of amides is 2. The molecule has 0 fully saturated rings. The number of carbonyl (C=O) groups excluding carboxylic acids is 3. The Kier molecular flexibility index (Phi) is 7.55. The van der Waals surface area contributed by atoms with Gasteiger partial charge in [0, 0.05) is 11.6 Å². The van der Waals surface area contributed by atoms with E-state index in [2.05, 4.69) is 10.6 Å². The lowest BCUT2D eigenvalue weighted by Gasteiger charge is -2.14. The van der Waals surface area contributed by atoms with Gasteiger partial charge < -0.3 is 15.4 Å². The molecule has 6 heteroatoms. The highest BCUT2D eigenvalue weighted by molar-refractivity contribution is 6.08. The zero-order valence-corrected chi connectivity index (χ0v) is 15.5. The summed E-state index contributed by atoms with van der Waals surface area (Å²) in [4.78, 5) is 36.5. The molecular weight excluding hydrogens is 344 g/mol. The monoisotopic (exact) mass is 368 g/mol. The number of nitrogens with one attached hydrogen (secondary N) is 2. The van der Waals surface area contributed by atoms with Crippen LogP contribution in [0.5, 0.6) is 0 Å². The van der Waals surface area contributed by atoms with Crippen LogP contribution in [0.1, 0.15) is 47.4 Å². The predicted octanol–water partition coefficient (Wildman–Crippen LogP) is 3.40. The van der Waals surface area contributed by atoms with E-state index in [9.17, 15) is 14.4 Å². The average molecular weight is 368 g/mol. The molecule has 0 aliphatic rings. The molecule has 2 amide bonds. The van der Waals surface area contributed by atoms with Crippen molar-refractivity contribution >= 4 is 23.5 Å². The highest BCUT2D eigenvalue weighted by Gasteiger charge is 2.17. The summed E-state index contributed by atoms with van der Waals surface area (Å²) in [6, 6.07) is 15.2. The van der Waals surface area contributed by atoms with Gasteiger partial charge >= 0.3 is 5.97 Å². The van der Waals surface area contributed by atoms with E-state index >= 15 is 0 Å². The first-order valence-electron chi connectivity index (χ1n) is 8.93. The van der Waals surface area contributed by atoms with Gasteiger partial charge in [-0.3, -0.25) is 9.59 Å². The van der Waals surface area contributed by atoms with Crippen molar-refractivity contribution in [3.05, 3.63) is 65.7 Å². The highest BCUT2D eigenvalue weighted by atomic mass is 16.5. The Labute approximate surface area is 158 Å². The van der Waals surface area contributed by atoms with Gasteiger partial charge in [-0.15, -0.1) is 0 Å². The van der Waals surface area contributed by atoms with Gasteiger partial charge in [-0.25, -0.2) is 4.79 Å². The van der Waals surface area contributed by atoms with Crippen molar-refractivity contribution in [1.29, 1.82) is 0 Å². The van der Waals surface area contributed by atoms with Crippen LogP contribution in [-0.2, 0) is 9.53 Å². The zero-order valence-electron chi connectivity index (χ0n) is 15.5. The molecule has 2 aromatic carbocycles. The Morgan fingerprint density at radius 3 is 2.37 bits per heavy atom. The quantitative estimate of drug-likeness (QED) is 0.700. The zero-order chi connectivity index (χ0) is 19.6. The second-order valence-corrected chi connectivity index (χ2v) is 6.20. The predicted molar refractivity (Wildman–Crippen MR) is 104 cm³/mol. The molecule has 0 aromatic heterocycles. The summed E-state index contributed by atoms with van der Waals surface area (Å²) in [6.07, 6.45) is 1.81. The second kappa shape index (κ2) is 10.1. The van der Waals surface area contributed by atoms with E-state index in [0.29, 0.717) is 11.3 Å². The Hall–Kier alpha value is -3.15. The van der Waals surface area contributed by atoms with Crippen LogP contribution >= 0.6 is 0 Å². The molecular formula is C21H24N2O4. The lowest BCUT2D eigenvalue weighted by Crippen LogP contribution is -2.35. The van der Waals surface area contributed by atoms with E-state index in [1.54, 1.807) is 48.5 Å². The molecule has 0 aliphatic heterocycles. The fourth-order valence-electron chi connectivity index (χ4n) is 2.58. The second-order valence-electron chi connectivity index (χ2n) is 6.20. The van der Waals surface area contributed by atoms with Crippen LogP contribution < -0.4 is 10.6 Å². The van der Waals surface area contributed by atoms with Crippen LogP contribution in [0.3, 0.4) is 0 Å². The van der Waals surface area contributed by atoms with Gasteiger partial charge in [-0.2, -0.15) is 0 Å². The van der Waals surface area contributed by atoms with Crippen molar-refractivity contribution < 1.29 is 19.1 Å². The highest BCUT2D eigenvalue weighted by Crippen LogP contribution is 2.17. The van der Waals surface area contributed by atoms with Gasteiger partial charge in [-0.1, -0.05) is 43.7 Å². The maximum Gasteiger partial charge on any atom is 0.340 e. The van der Waals surface area contributed by atoms with E-state index in [-0.39, 0.29) is 30.0 Å². The molecule has 0 bridgehead atoms. The standard InChI is InChI=1S/C21H24N2O4/c1-3-9-15(2)22-19(24)14-27-21(26)17-12-7-8-13-18(17)23-20(25)16-10-5-4-6-11-16/h4-8,10-13,15H,3,9,14H2,1-2H3,(H,22,24)(H,23,25). The van der Waals surface area contributed by atoms with E-state index in [1.807, 2.05) is 19.9 Å². The Morgan fingerprint density at radius 1 is 1.00 bits per heavy atom. The number of hydrogen-bond acceptors (Lipinski definition) is 4. The number of hydrogen-bond donors (Lipinski definition) is 2. The lowest BCUT2D eigenvalue weighted by molar-refractivity contribution is -0.124. The van der Waals surface area contributed by atoms with Crippen molar-refractivity contribution in [3.8, 4) is 0 Å². The fraction of sp³-hybridized carbons (Fsp3) is 0.286. The summed E-state index contributed by atoms with van der Waals surface area (Å²) in [5.74, 6) is -1.35. The smallest absolute Gasteiger partial charge is 0.340 e. The van der Waals surface area contributed by atoms with Crippen LogP contribution in [0.25, 0.3) is 0 Å². The van der Waals surface area contributed by atoms with Gasteiger partial charge in [0.15, 0.2) is 6.61 Å². The number of benzene rings is 2. The molecule has 0 saturated heterocycles. The minimum Gasteiger partial charge on any atom is -0.452 e. The van der Waals surface area contributed by atoms with Crippen LogP contribution in [0, 0.1) is 0 Å². The Bertz CT molecular complexity index is 790. The molecule has 0 spiro atoms. The van der Waals surface area contributed by atoms with Crippen molar-refractivity contribution in [2.24, 2.45) is 0 Å². The molecule has 6 nitrogen and oxygen atoms in total. The molecule has 1 atom stereocenters. The van der Waals surface area contributed by atoms with E-state index in [0.717, 1.165) is 12.8 Å². The molecule has 142 valence electrons. The molecule has 2 N–H and O–H groups in total. The topological polar surface area (TPSA) is 84.5 Å². The van der Waals surface area contributed by atoms with Crippen molar-refractivity contribution in [2.75, 3.05) is 11.9 Å². The first-order chi connectivity index (χ1) is 13.0. The summed E-state index contributed by atoms with van der Waals surface area (Å²) in [7, 11) is 0. The van der Waals surface area contributed by atoms with Crippen LogP contribution in [0.4, 0.5) is 5.69 Å². The molecule has 0 heterocycles. The Morgan fingerprint density at radius 2 is 1.67 bits per heavy atom. The average Bonchev–Trinajstić information content (AvgIpc) is 2.67. The van der Waals surface area contributed by atoms with E-state index in [1.165, 1.54) is 0 Å². The van der Waals surface area contributed by atoms with Crippen molar-refractivity contribution in [3.63, 3.8) is 0 Å². The maximum absolute atomic E-state index is 12.3. The number of rotatable bonds is 8. The van der Waals surface area contributed by atoms with Crippen LogP contribution in [-0.4, -0.2) is 30.4 Å². The third-order valence-electron chi connectivity index (χ3n) is 3.89. The van der Waals surface area contributed by atoms with Gasteiger partial charge in [0.2, 0.25) is 0 Å². The molecule has 27 heavy (non-hydrogen) atoms. The number of ether oxygens (including phenoxy) is 1. The van der Waals surface area contributed by atoms with Gasteiger partial charge in [0.05, 0.1) is 11.3 Å². The summed E-state index contributed by atoms with van der Waals surface area (Å²) in [5.41, 5.74) is 0.997. The largest absolute Gasteiger partial charge is 0.452 e. The normalized spacial score (nSPS) is 11.3. The minimum absolute atomic E-state index is 0.0265. The summed E-state index contributed by atoms with van der Waals surface area (Å²) in [6.45, 7) is 3.56. The maximum atomic E-state index is 12.3. The van der Waals surface area contributed by atoms with Crippen molar-refractivity contribution in [1.82, 2.24) is 5.32 Å². The third kappa shape index (κ3) is 6.26. The molecule has 0 saturated carbocycles. The van der Waals surface area contributed by atoms with Gasteiger partial charge in [0.1, 0.15) is 0 Å². The van der Waals surface area contributed by atoms with Gasteiger partial charge in [-0.05, 0) is 37.6 Å². The summed E-state index contributed by atoms with van der Waals surface area (Å²) < 4.78 is 5.09. The number of para-hydroxylation sites is 1. The molecule has 0 radical (unpaired) electrons. The number of esters is 1. The van der Waals surface area contributed by atoms with Crippen molar-refractivity contribution in [2.45, 2.75) is 32.7 Å².